The summed E-state index contributed by atoms with van der Waals surface area (Å²) in [5.74, 6) is -0.510. The number of aromatic nitrogens is 1. The average molecular weight is 342 g/mol. The van der Waals surface area contributed by atoms with Crippen LogP contribution in [0, 0.1) is 0 Å². The van der Waals surface area contributed by atoms with Crippen LogP contribution in [0.25, 0.3) is 10.9 Å². The summed E-state index contributed by atoms with van der Waals surface area (Å²) in [6.45, 7) is 1.97. The molecule has 0 atom stereocenters. The van der Waals surface area contributed by atoms with Gasteiger partial charge in [-0.15, -0.1) is 0 Å². The van der Waals surface area contributed by atoms with Crippen molar-refractivity contribution >= 4 is 38.1 Å². The molecule has 24 heavy (non-hydrogen) atoms. The summed E-state index contributed by atoms with van der Waals surface area (Å²) in [5.41, 5.74) is 1.84. The van der Waals surface area contributed by atoms with Gasteiger partial charge < -0.3 is 15.0 Å². The van der Waals surface area contributed by atoms with Crippen LogP contribution < -0.4 is 5.32 Å². The van der Waals surface area contributed by atoms with Crippen molar-refractivity contribution in [1.29, 1.82) is 0 Å². The predicted molar refractivity (Wildman–Crippen MR) is 89.4 cm³/mol. The van der Waals surface area contributed by atoms with E-state index in [1.807, 2.05) is 0 Å². The Balaban J connectivity index is 1.98. The molecule has 4 rings (SSSR count). The monoisotopic (exact) mass is 342 g/mol. The minimum absolute atomic E-state index is 0.172. The molecule has 0 fully saturated rings. The SMILES string of the molecule is CCOC(=O)c1cc2c3c(ccc2[nH]1)Nc1ccccc1S3(=O)=O. The van der Waals surface area contributed by atoms with Crippen molar-refractivity contribution < 1.29 is 17.9 Å². The molecule has 1 aliphatic heterocycles. The highest BCUT2D eigenvalue weighted by Gasteiger charge is 2.32. The second-order valence-electron chi connectivity index (χ2n) is 5.43. The first-order valence-electron chi connectivity index (χ1n) is 7.46. The molecule has 0 radical (unpaired) electrons. The zero-order chi connectivity index (χ0) is 16.9. The maximum absolute atomic E-state index is 13.0. The molecule has 1 aliphatic rings. The number of carbonyl (C=O) groups is 1. The van der Waals surface area contributed by atoms with Crippen LogP contribution in [-0.4, -0.2) is 26.0 Å². The molecule has 122 valence electrons. The number of sulfone groups is 1. The topological polar surface area (TPSA) is 88.3 Å². The van der Waals surface area contributed by atoms with Crippen LogP contribution in [0.1, 0.15) is 17.4 Å². The van der Waals surface area contributed by atoms with Crippen LogP contribution in [0.15, 0.2) is 52.3 Å². The summed E-state index contributed by atoms with van der Waals surface area (Å²) in [6, 6.07) is 11.7. The van der Waals surface area contributed by atoms with Crippen molar-refractivity contribution in [2.24, 2.45) is 0 Å². The standard InChI is InChI=1S/C17H14N2O4S/c1-2-23-17(20)14-9-10-11(18-14)7-8-13-16(10)24(21,22)15-6-4-3-5-12(15)19-13/h3-9,18-19H,2H2,1H3. The van der Waals surface area contributed by atoms with E-state index in [4.69, 9.17) is 4.74 Å². The van der Waals surface area contributed by atoms with Crippen LogP contribution >= 0.6 is 0 Å². The third-order valence-corrected chi connectivity index (χ3v) is 5.88. The number of rotatable bonds is 2. The first-order chi connectivity index (χ1) is 11.5. The second-order valence-corrected chi connectivity index (χ2v) is 7.29. The summed E-state index contributed by atoms with van der Waals surface area (Å²) in [4.78, 5) is 15.2. The lowest BCUT2D eigenvalue weighted by molar-refractivity contribution is 0.0520. The molecule has 7 heteroatoms. The minimum Gasteiger partial charge on any atom is -0.461 e. The smallest absolute Gasteiger partial charge is 0.354 e. The van der Waals surface area contributed by atoms with E-state index in [2.05, 4.69) is 10.3 Å². The molecule has 2 aromatic carbocycles. The fourth-order valence-electron chi connectivity index (χ4n) is 2.94. The molecule has 2 N–H and O–H groups in total. The maximum atomic E-state index is 13.0. The first kappa shape index (κ1) is 14.8. The zero-order valence-electron chi connectivity index (χ0n) is 12.8. The van der Waals surface area contributed by atoms with Crippen molar-refractivity contribution in [2.75, 3.05) is 11.9 Å². The van der Waals surface area contributed by atoms with Crippen molar-refractivity contribution in [3.63, 3.8) is 0 Å². The molecule has 2 heterocycles. The van der Waals surface area contributed by atoms with E-state index >= 15 is 0 Å². The van der Waals surface area contributed by atoms with Crippen molar-refractivity contribution in [1.82, 2.24) is 4.98 Å². The number of para-hydroxylation sites is 1. The molecule has 0 saturated carbocycles. The van der Waals surface area contributed by atoms with Gasteiger partial charge in [-0.1, -0.05) is 12.1 Å². The van der Waals surface area contributed by atoms with Gasteiger partial charge in [0.05, 0.1) is 22.9 Å². The van der Waals surface area contributed by atoms with E-state index in [0.717, 1.165) is 0 Å². The van der Waals surface area contributed by atoms with Gasteiger partial charge in [-0.2, -0.15) is 0 Å². The van der Waals surface area contributed by atoms with Crippen LogP contribution in [-0.2, 0) is 14.6 Å². The van der Waals surface area contributed by atoms with Gasteiger partial charge >= 0.3 is 5.97 Å². The summed E-state index contributed by atoms with van der Waals surface area (Å²) < 4.78 is 31.1. The molecule has 0 aliphatic carbocycles. The number of anilines is 2. The Morgan fingerprint density at radius 1 is 1.12 bits per heavy atom. The first-order valence-corrected chi connectivity index (χ1v) is 8.94. The van der Waals surface area contributed by atoms with Gasteiger partial charge in [0, 0.05) is 10.9 Å². The fraction of sp³-hybridized carbons (Fsp3) is 0.118. The van der Waals surface area contributed by atoms with E-state index in [9.17, 15) is 13.2 Å². The van der Waals surface area contributed by atoms with E-state index in [-0.39, 0.29) is 22.1 Å². The van der Waals surface area contributed by atoms with Gasteiger partial charge in [-0.05, 0) is 37.3 Å². The predicted octanol–water partition coefficient (Wildman–Crippen LogP) is 3.23. The van der Waals surface area contributed by atoms with E-state index in [0.29, 0.717) is 22.3 Å². The molecule has 0 spiro atoms. The summed E-state index contributed by atoms with van der Waals surface area (Å²) in [7, 11) is -3.69. The Morgan fingerprint density at radius 3 is 2.71 bits per heavy atom. The Morgan fingerprint density at radius 2 is 1.92 bits per heavy atom. The number of fused-ring (bicyclic) bond motifs is 4. The summed E-state index contributed by atoms with van der Waals surface area (Å²) in [6.07, 6.45) is 0. The number of hydrogen-bond acceptors (Lipinski definition) is 5. The van der Waals surface area contributed by atoms with Gasteiger partial charge in [-0.25, -0.2) is 13.2 Å². The van der Waals surface area contributed by atoms with Crippen LogP contribution in [0.2, 0.25) is 0 Å². The number of ether oxygens (including phenoxy) is 1. The number of hydrogen-bond donors (Lipinski definition) is 2. The van der Waals surface area contributed by atoms with Crippen molar-refractivity contribution in [2.45, 2.75) is 16.7 Å². The molecule has 0 bridgehead atoms. The Hall–Kier alpha value is -2.80. The second kappa shape index (κ2) is 5.10. The lowest BCUT2D eigenvalue weighted by Crippen LogP contribution is -2.13. The number of nitrogens with one attached hydrogen (secondary N) is 2. The molecule has 0 amide bonds. The van der Waals surface area contributed by atoms with Crippen LogP contribution in [0.4, 0.5) is 11.4 Å². The van der Waals surface area contributed by atoms with Gasteiger partial charge in [0.1, 0.15) is 10.6 Å². The van der Waals surface area contributed by atoms with E-state index < -0.39 is 15.8 Å². The summed E-state index contributed by atoms with van der Waals surface area (Å²) in [5, 5.41) is 3.61. The number of aromatic amines is 1. The molecular weight excluding hydrogens is 328 g/mol. The normalized spacial score (nSPS) is 14.5. The highest BCUT2D eigenvalue weighted by atomic mass is 32.2. The number of benzene rings is 2. The van der Waals surface area contributed by atoms with E-state index in [1.54, 1.807) is 43.3 Å². The highest BCUT2D eigenvalue weighted by Crippen LogP contribution is 2.42. The fourth-order valence-corrected chi connectivity index (χ4v) is 4.70. The Labute approximate surface area is 138 Å². The third-order valence-electron chi connectivity index (χ3n) is 3.96. The maximum Gasteiger partial charge on any atom is 0.354 e. The zero-order valence-corrected chi connectivity index (χ0v) is 13.6. The van der Waals surface area contributed by atoms with Gasteiger partial charge in [0.25, 0.3) is 0 Å². The molecule has 3 aromatic rings. The average Bonchev–Trinajstić information content (AvgIpc) is 2.99. The Kier molecular flexibility index (Phi) is 3.14. The van der Waals surface area contributed by atoms with E-state index in [1.165, 1.54) is 6.07 Å². The lowest BCUT2D eigenvalue weighted by Gasteiger charge is -2.21. The molecule has 0 unspecified atom stereocenters. The highest BCUT2D eigenvalue weighted by molar-refractivity contribution is 7.92. The number of H-pyrrole nitrogens is 1. The van der Waals surface area contributed by atoms with Crippen molar-refractivity contribution in [3.8, 4) is 0 Å². The quantitative estimate of drug-likeness (QED) is 0.546. The molecule has 1 aromatic heterocycles. The largest absolute Gasteiger partial charge is 0.461 e. The van der Waals surface area contributed by atoms with Gasteiger partial charge in [-0.3, -0.25) is 0 Å². The van der Waals surface area contributed by atoms with Gasteiger partial charge in [0.2, 0.25) is 9.84 Å². The molecule has 0 saturated heterocycles. The summed E-state index contributed by atoms with van der Waals surface area (Å²) >= 11 is 0. The molecular formula is C17H14N2O4S. The van der Waals surface area contributed by atoms with Gasteiger partial charge in [0.15, 0.2) is 0 Å². The third kappa shape index (κ3) is 2.01. The van der Waals surface area contributed by atoms with Crippen LogP contribution in [0.3, 0.4) is 0 Å². The lowest BCUT2D eigenvalue weighted by atomic mass is 10.2. The van der Waals surface area contributed by atoms with Crippen molar-refractivity contribution in [3.05, 3.63) is 48.2 Å². The minimum atomic E-state index is -3.69. The Bertz CT molecular complexity index is 1080. The van der Waals surface area contributed by atoms with Crippen LogP contribution in [0.5, 0.6) is 0 Å². The molecule has 6 nitrogen and oxygen atoms in total. The number of esters is 1. The number of carbonyl (C=O) groups excluding carboxylic acids is 1.